The molecule has 0 aliphatic carbocycles. The van der Waals surface area contributed by atoms with Gasteiger partial charge in [-0.1, -0.05) is 11.6 Å². The summed E-state index contributed by atoms with van der Waals surface area (Å²) in [6.07, 6.45) is 1.68. The monoisotopic (exact) mass is 344 g/mol. The maximum atomic E-state index is 12.2. The zero-order valence-corrected chi connectivity index (χ0v) is 15.3. The van der Waals surface area contributed by atoms with E-state index in [0.29, 0.717) is 6.04 Å². The van der Waals surface area contributed by atoms with Crippen LogP contribution in [0.3, 0.4) is 0 Å². The normalized spacial score (nSPS) is 22.7. The zero-order valence-electron chi connectivity index (χ0n) is 13.7. The molecule has 1 aromatic heterocycles. The molecule has 1 fully saturated rings. The van der Waals surface area contributed by atoms with Gasteiger partial charge in [0.2, 0.25) is 0 Å². The number of amides is 1. The number of nitrogens with zero attached hydrogens (tertiary/aromatic N) is 1. The Morgan fingerprint density at radius 2 is 2.23 bits per heavy atom. The number of piperidine rings is 1. The molecular weight excluding hydrogens is 320 g/mol. The Hall–Kier alpha value is -0.780. The van der Waals surface area contributed by atoms with Gasteiger partial charge in [-0.15, -0.1) is 11.3 Å². The molecular formula is C16H25ClN2O2S. The van der Waals surface area contributed by atoms with Crippen molar-refractivity contribution in [3.05, 3.63) is 21.3 Å². The summed E-state index contributed by atoms with van der Waals surface area (Å²) in [6, 6.07) is 4.60. The quantitative estimate of drug-likeness (QED) is 0.889. The molecule has 6 heteroatoms. The van der Waals surface area contributed by atoms with E-state index < -0.39 is 5.60 Å². The number of likely N-dealkylation sites (tertiary alicyclic amines) is 1. The minimum Gasteiger partial charge on any atom is -0.444 e. The van der Waals surface area contributed by atoms with E-state index in [9.17, 15) is 4.79 Å². The first-order valence-electron chi connectivity index (χ1n) is 7.72. The maximum absolute atomic E-state index is 12.2. The van der Waals surface area contributed by atoms with Gasteiger partial charge in [-0.25, -0.2) is 4.79 Å². The molecule has 124 valence electrons. The molecule has 2 atom stereocenters. The number of ether oxygens (including phenoxy) is 1. The highest BCUT2D eigenvalue weighted by Gasteiger charge is 2.31. The van der Waals surface area contributed by atoms with Crippen molar-refractivity contribution in [3.8, 4) is 0 Å². The van der Waals surface area contributed by atoms with Gasteiger partial charge in [0.05, 0.1) is 4.34 Å². The summed E-state index contributed by atoms with van der Waals surface area (Å²) < 4.78 is 6.29. The summed E-state index contributed by atoms with van der Waals surface area (Å²) in [5.41, 5.74) is -0.440. The number of hydrogen-bond donors (Lipinski definition) is 1. The number of thiophene rings is 1. The predicted molar refractivity (Wildman–Crippen MR) is 91.6 cm³/mol. The summed E-state index contributed by atoms with van der Waals surface area (Å²) in [5.74, 6) is 0. The summed E-state index contributed by atoms with van der Waals surface area (Å²) in [7, 11) is 0. The topological polar surface area (TPSA) is 41.6 Å². The average molecular weight is 345 g/mol. The molecule has 0 saturated carbocycles. The third-order valence-corrected chi connectivity index (χ3v) is 4.93. The Labute approximate surface area is 141 Å². The van der Waals surface area contributed by atoms with Crippen molar-refractivity contribution in [2.24, 2.45) is 0 Å². The van der Waals surface area contributed by atoms with Gasteiger partial charge in [-0.3, -0.25) is 0 Å². The van der Waals surface area contributed by atoms with Gasteiger partial charge in [0, 0.05) is 30.1 Å². The molecule has 1 saturated heterocycles. The largest absolute Gasteiger partial charge is 0.444 e. The van der Waals surface area contributed by atoms with E-state index in [0.717, 1.165) is 30.3 Å². The fourth-order valence-corrected chi connectivity index (χ4v) is 3.68. The van der Waals surface area contributed by atoms with E-state index in [4.69, 9.17) is 16.3 Å². The molecule has 2 unspecified atom stereocenters. The highest BCUT2D eigenvalue weighted by Crippen LogP contribution is 2.23. The van der Waals surface area contributed by atoms with Crippen molar-refractivity contribution in [3.63, 3.8) is 0 Å². The summed E-state index contributed by atoms with van der Waals surface area (Å²) in [5, 5.41) is 3.56. The van der Waals surface area contributed by atoms with E-state index in [1.54, 1.807) is 11.3 Å². The van der Waals surface area contributed by atoms with Crippen molar-refractivity contribution in [2.75, 3.05) is 6.54 Å². The van der Waals surface area contributed by atoms with Crippen LogP contribution in [0.15, 0.2) is 12.1 Å². The third-order valence-electron chi connectivity index (χ3n) is 3.70. The molecule has 1 aliphatic rings. The van der Waals surface area contributed by atoms with Gasteiger partial charge in [-0.05, 0) is 52.7 Å². The molecule has 1 N–H and O–H groups in total. The maximum Gasteiger partial charge on any atom is 0.410 e. The SMILES string of the molecule is CC1CC(NCc2ccc(Cl)s2)CCN1C(=O)OC(C)(C)C. The highest BCUT2D eigenvalue weighted by atomic mass is 35.5. The van der Waals surface area contributed by atoms with E-state index in [1.165, 1.54) is 4.88 Å². The standard InChI is InChI=1S/C16H25ClN2O2S/c1-11-9-12(18-10-13-5-6-14(17)22-13)7-8-19(11)15(20)21-16(2,3)4/h5-6,11-12,18H,7-10H2,1-4H3. The molecule has 0 bridgehead atoms. The molecule has 1 aromatic rings. The molecule has 0 radical (unpaired) electrons. The Kier molecular flexibility index (Phi) is 5.75. The highest BCUT2D eigenvalue weighted by molar-refractivity contribution is 7.16. The van der Waals surface area contributed by atoms with E-state index in [-0.39, 0.29) is 12.1 Å². The fourth-order valence-electron chi connectivity index (χ4n) is 2.64. The first-order valence-corrected chi connectivity index (χ1v) is 8.91. The molecule has 2 heterocycles. The predicted octanol–water partition coefficient (Wildman–Crippen LogP) is 4.28. The second kappa shape index (κ2) is 7.20. The number of rotatable bonds is 3. The van der Waals surface area contributed by atoms with Crippen LogP contribution in [0, 0.1) is 0 Å². The number of hydrogen-bond acceptors (Lipinski definition) is 4. The second-order valence-electron chi connectivity index (χ2n) is 6.83. The van der Waals surface area contributed by atoms with Crippen LogP contribution in [0.4, 0.5) is 4.79 Å². The summed E-state index contributed by atoms with van der Waals surface area (Å²) in [6.45, 7) is 9.35. The lowest BCUT2D eigenvalue weighted by molar-refractivity contribution is 0.00933. The van der Waals surface area contributed by atoms with Crippen molar-refractivity contribution in [1.82, 2.24) is 10.2 Å². The van der Waals surface area contributed by atoms with E-state index in [1.807, 2.05) is 31.7 Å². The van der Waals surface area contributed by atoms with Crippen LogP contribution >= 0.6 is 22.9 Å². The van der Waals surface area contributed by atoms with Crippen LogP contribution in [-0.2, 0) is 11.3 Å². The van der Waals surface area contributed by atoms with Gasteiger partial charge in [0.25, 0.3) is 0 Å². The van der Waals surface area contributed by atoms with Gasteiger partial charge in [-0.2, -0.15) is 0 Å². The van der Waals surface area contributed by atoms with Crippen LogP contribution in [0.25, 0.3) is 0 Å². The van der Waals surface area contributed by atoms with Gasteiger partial charge in [0.1, 0.15) is 5.60 Å². The fraction of sp³-hybridized carbons (Fsp3) is 0.688. The second-order valence-corrected chi connectivity index (χ2v) is 8.63. The van der Waals surface area contributed by atoms with Crippen LogP contribution in [0.1, 0.15) is 45.4 Å². The Balaban J connectivity index is 1.80. The van der Waals surface area contributed by atoms with E-state index >= 15 is 0 Å². The van der Waals surface area contributed by atoms with Crippen molar-refractivity contribution in [1.29, 1.82) is 0 Å². The zero-order chi connectivity index (χ0) is 16.3. The van der Waals surface area contributed by atoms with Gasteiger partial charge in [0.15, 0.2) is 0 Å². The number of halogens is 1. The minimum absolute atomic E-state index is 0.188. The lowest BCUT2D eigenvalue weighted by atomic mass is 9.98. The summed E-state index contributed by atoms with van der Waals surface area (Å²) in [4.78, 5) is 15.3. The molecule has 2 rings (SSSR count). The lowest BCUT2D eigenvalue weighted by Gasteiger charge is -2.38. The smallest absolute Gasteiger partial charge is 0.410 e. The van der Waals surface area contributed by atoms with Crippen LogP contribution in [-0.4, -0.2) is 35.2 Å². The molecule has 4 nitrogen and oxygen atoms in total. The molecule has 0 spiro atoms. The third kappa shape index (κ3) is 5.14. The average Bonchev–Trinajstić information content (AvgIpc) is 2.80. The first-order chi connectivity index (χ1) is 10.2. The van der Waals surface area contributed by atoms with E-state index in [2.05, 4.69) is 18.3 Å². The van der Waals surface area contributed by atoms with Gasteiger partial charge < -0.3 is 15.0 Å². The molecule has 0 aromatic carbocycles. The van der Waals surface area contributed by atoms with Crippen LogP contribution in [0.2, 0.25) is 4.34 Å². The Bertz CT molecular complexity index is 512. The molecule has 1 amide bonds. The Morgan fingerprint density at radius 1 is 1.50 bits per heavy atom. The number of nitrogens with one attached hydrogen (secondary N) is 1. The van der Waals surface area contributed by atoms with Crippen molar-refractivity contribution >= 4 is 29.0 Å². The number of carbonyl (C=O) groups is 1. The van der Waals surface area contributed by atoms with Crippen molar-refractivity contribution < 1.29 is 9.53 Å². The number of carbonyl (C=O) groups excluding carboxylic acids is 1. The minimum atomic E-state index is -0.440. The molecule has 1 aliphatic heterocycles. The first kappa shape index (κ1) is 17.6. The van der Waals surface area contributed by atoms with Crippen molar-refractivity contribution in [2.45, 2.75) is 64.8 Å². The molecule has 22 heavy (non-hydrogen) atoms. The summed E-state index contributed by atoms with van der Waals surface area (Å²) >= 11 is 7.55. The van der Waals surface area contributed by atoms with Crippen LogP contribution < -0.4 is 5.32 Å². The lowest BCUT2D eigenvalue weighted by Crippen LogP contribution is -2.50. The van der Waals surface area contributed by atoms with Gasteiger partial charge >= 0.3 is 6.09 Å². The Morgan fingerprint density at radius 3 is 2.77 bits per heavy atom. The van der Waals surface area contributed by atoms with Crippen LogP contribution in [0.5, 0.6) is 0 Å².